The third kappa shape index (κ3) is 3.13. The van der Waals surface area contributed by atoms with E-state index in [4.69, 9.17) is 9.47 Å². The fourth-order valence-corrected chi connectivity index (χ4v) is 2.19. The van der Waals surface area contributed by atoms with Crippen molar-refractivity contribution in [2.75, 3.05) is 6.61 Å². The van der Waals surface area contributed by atoms with E-state index in [0.717, 1.165) is 0 Å². The predicted molar refractivity (Wildman–Crippen MR) is 84.6 cm³/mol. The molecular formula is C18H14FNO3. The Morgan fingerprint density at radius 1 is 1.17 bits per heavy atom. The molecule has 2 aromatic carbocycles. The minimum atomic E-state index is -0.616. The molecule has 0 saturated carbocycles. The van der Waals surface area contributed by atoms with Gasteiger partial charge in [-0.2, -0.15) is 0 Å². The molecule has 0 N–H and O–H groups in total. The highest BCUT2D eigenvalue weighted by Gasteiger charge is 2.26. The molecule has 23 heavy (non-hydrogen) atoms. The zero-order valence-corrected chi connectivity index (χ0v) is 12.5. The van der Waals surface area contributed by atoms with Crippen LogP contribution in [0.2, 0.25) is 0 Å². The summed E-state index contributed by atoms with van der Waals surface area (Å²) in [5, 5.41) is 0. The summed E-state index contributed by atoms with van der Waals surface area (Å²) in [7, 11) is 0. The Labute approximate surface area is 132 Å². The smallest absolute Gasteiger partial charge is 0.363 e. The number of para-hydroxylation sites is 1. The van der Waals surface area contributed by atoms with E-state index in [2.05, 4.69) is 4.99 Å². The molecule has 3 rings (SSSR count). The van der Waals surface area contributed by atoms with E-state index in [1.807, 2.05) is 25.1 Å². The highest BCUT2D eigenvalue weighted by atomic mass is 19.1. The Kier molecular flexibility index (Phi) is 4.19. The van der Waals surface area contributed by atoms with Crippen molar-refractivity contribution >= 4 is 17.9 Å². The van der Waals surface area contributed by atoms with Crippen molar-refractivity contribution in [1.29, 1.82) is 0 Å². The van der Waals surface area contributed by atoms with Crippen LogP contribution in [0, 0.1) is 5.82 Å². The first-order valence-corrected chi connectivity index (χ1v) is 7.18. The topological polar surface area (TPSA) is 47.9 Å². The number of hydrogen-bond donors (Lipinski definition) is 0. The molecule has 0 fully saturated rings. The summed E-state index contributed by atoms with van der Waals surface area (Å²) in [6, 6.07) is 13.3. The first-order chi connectivity index (χ1) is 11.2. The minimum absolute atomic E-state index is 0.0340. The van der Waals surface area contributed by atoms with Gasteiger partial charge >= 0.3 is 5.97 Å². The molecule has 5 heteroatoms. The fraction of sp³-hybridized carbons (Fsp3) is 0.111. The van der Waals surface area contributed by atoms with Crippen molar-refractivity contribution in [2.45, 2.75) is 6.92 Å². The Balaban J connectivity index is 1.98. The molecule has 0 unspecified atom stereocenters. The van der Waals surface area contributed by atoms with Gasteiger partial charge in [-0.05, 0) is 31.2 Å². The Morgan fingerprint density at radius 2 is 1.91 bits per heavy atom. The molecule has 116 valence electrons. The van der Waals surface area contributed by atoms with E-state index in [1.165, 1.54) is 12.1 Å². The Bertz CT molecular complexity index is 811. The average Bonchev–Trinajstić information content (AvgIpc) is 2.91. The summed E-state index contributed by atoms with van der Waals surface area (Å²) in [4.78, 5) is 16.1. The lowest BCUT2D eigenvalue weighted by atomic mass is 10.1. The molecule has 0 radical (unpaired) electrons. The highest BCUT2D eigenvalue weighted by Crippen LogP contribution is 2.25. The second-order valence-electron chi connectivity index (χ2n) is 4.79. The third-order valence-electron chi connectivity index (χ3n) is 3.24. The maximum absolute atomic E-state index is 13.8. The standard InChI is InChI=1S/C18H14FNO3/c1-2-22-16-10-6-3-7-12(16)11-15-18(21)23-17(20-15)13-8-4-5-9-14(13)19/h3-11H,2H2,1H3/b15-11-. The number of carbonyl (C=O) groups is 1. The normalized spacial score (nSPS) is 15.5. The number of benzene rings is 2. The van der Waals surface area contributed by atoms with Gasteiger partial charge in [0, 0.05) is 5.56 Å². The monoisotopic (exact) mass is 311 g/mol. The van der Waals surface area contributed by atoms with E-state index < -0.39 is 11.8 Å². The highest BCUT2D eigenvalue weighted by molar-refractivity contribution is 6.13. The van der Waals surface area contributed by atoms with Crippen LogP contribution in [0.1, 0.15) is 18.1 Å². The van der Waals surface area contributed by atoms with Crippen LogP contribution in [0.3, 0.4) is 0 Å². The molecule has 2 aromatic rings. The van der Waals surface area contributed by atoms with Gasteiger partial charge in [0.15, 0.2) is 5.70 Å². The van der Waals surface area contributed by atoms with Crippen LogP contribution in [-0.2, 0) is 9.53 Å². The van der Waals surface area contributed by atoms with Gasteiger partial charge in [0.1, 0.15) is 11.6 Å². The maximum Gasteiger partial charge on any atom is 0.363 e. The van der Waals surface area contributed by atoms with Gasteiger partial charge in [0.05, 0.1) is 12.2 Å². The van der Waals surface area contributed by atoms with Crippen molar-refractivity contribution in [2.24, 2.45) is 4.99 Å². The molecule has 0 saturated heterocycles. The number of halogens is 1. The summed E-state index contributed by atoms with van der Waals surface area (Å²) < 4.78 is 24.4. The van der Waals surface area contributed by atoms with Gasteiger partial charge in [-0.25, -0.2) is 14.2 Å². The summed E-state index contributed by atoms with van der Waals surface area (Å²) in [6.45, 7) is 2.39. The van der Waals surface area contributed by atoms with Gasteiger partial charge in [0.2, 0.25) is 5.90 Å². The molecule has 0 spiro atoms. The lowest BCUT2D eigenvalue weighted by Gasteiger charge is -2.06. The third-order valence-corrected chi connectivity index (χ3v) is 3.24. The molecular weight excluding hydrogens is 297 g/mol. The number of nitrogens with zero attached hydrogens (tertiary/aromatic N) is 1. The van der Waals surface area contributed by atoms with Crippen LogP contribution in [0.5, 0.6) is 5.75 Å². The molecule has 4 nitrogen and oxygen atoms in total. The Hall–Kier alpha value is -2.95. The molecule has 1 aliphatic rings. The molecule has 0 aliphatic carbocycles. The van der Waals surface area contributed by atoms with E-state index in [0.29, 0.717) is 17.9 Å². The van der Waals surface area contributed by atoms with Crippen molar-refractivity contribution in [3.05, 3.63) is 71.2 Å². The van der Waals surface area contributed by atoms with Crippen molar-refractivity contribution in [3.8, 4) is 5.75 Å². The van der Waals surface area contributed by atoms with Crippen LogP contribution in [0.4, 0.5) is 4.39 Å². The first-order valence-electron chi connectivity index (χ1n) is 7.18. The SMILES string of the molecule is CCOc1ccccc1/C=C1\N=C(c2ccccc2F)OC1=O. The van der Waals surface area contributed by atoms with E-state index in [9.17, 15) is 9.18 Å². The van der Waals surface area contributed by atoms with Gasteiger partial charge in [-0.3, -0.25) is 0 Å². The molecule has 1 heterocycles. The van der Waals surface area contributed by atoms with Crippen LogP contribution in [0.25, 0.3) is 6.08 Å². The lowest BCUT2D eigenvalue weighted by Crippen LogP contribution is -2.07. The lowest BCUT2D eigenvalue weighted by molar-refractivity contribution is -0.129. The summed E-state index contributed by atoms with van der Waals surface area (Å²) >= 11 is 0. The largest absolute Gasteiger partial charge is 0.493 e. The van der Waals surface area contributed by atoms with Gasteiger partial charge in [-0.15, -0.1) is 0 Å². The van der Waals surface area contributed by atoms with Gasteiger partial charge in [0.25, 0.3) is 0 Å². The van der Waals surface area contributed by atoms with Crippen LogP contribution >= 0.6 is 0 Å². The number of carbonyl (C=O) groups excluding carboxylic acids is 1. The summed E-state index contributed by atoms with van der Waals surface area (Å²) in [6.07, 6.45) is 1.57. The van der Waals surface area contributed by atoms with Crippen LogP contribution in [0.15, 0.2) is 59.2 Å². The summed E-state index contributed by atoms with van der Waals surface area (Å²) in [5.74, 6) is -0.498. The van der Waals surface area contributed by atoms with Crippen LogP contribution in [-0.4, -0.2) is 18.5 Å². The number of ether oxygens (including phenoxy) is 2. The van der Waals surface area contributed by atoms with Gasteiger partial charge < -0.3 is 9.47 Å². The Morgan fingerprint density at radius 3 is 2.70 bits per heavy atom. The van der Waals surface area contributed by atoms with Gasteiger partial charge in [-0.1, -0.05) is 30.3 Å². The average molecular weight is 311 g/mol. The second-order valence-corrected chi connectivity index (χ2v) is 4.79. The van der Waals surface area contributed by atoms with E-state index in [1.54, 1.807) is 24.3 Å². The zero-order chi connectivity index (χ0) is 16.2. The quantitative estimate of drug-likeness (QED) is 0.640. The van der Waals surface area contributed by atoms with Crippen molar-refractivity contribution in [3.63, 3.8) is 0 Å². The van der Waals surface area contributed by atoms with E-state index in [-0.39, 0.29) is 17.2 Å². The van der Waals surface area contributed by atoms with Crippen LogP contribution < -0.4 is 4.74 Å². The molecule has 0 bridgehead atoms. The second kappa shape index (κ2) is 6.44. The predicted octanol–water partition coefficient (Wildman–Crippen LogP) is 3.57. The molecule has 0 atom stereocenters. The maximum atomic E-state index is 13.8. The van der Waals surface area contributed by atoms with Crippen molar-refractivity contribution in [1.82, 2.24) is 0 Å². The number of esters is 1. The fourth-order valence-electron chi connectivity index (χ4n) is 2.19. The molecule has 1 aliphatic heterocycles. The number of aliphatic imine (C=N–C) groups is 1. The molecule has 0 aromatic heterocycles. The first kappa shape index (κ1) is 15.0. The van der Waals surface area contributed by atoms with Crippen molar-refractivity contribution < 1.29 is 18.7 Å². The molecule has 0 amide bonds. The number of hydrogen-bond acceptors (Lipinski definition) is 4. The zero-order valence-electron chi connectivity index (χ0n) is 12.5. The van der Waals surface area contributed by atoms with E-state index >= 15 is 0 Å². The minimum Gasteiger partial charge on any atom is -0.493 e. The summed E-state index contributed by atoms with van der Waals surface area (Å²) in [5.41, 5.74) is 0.970. The number of cyclic esters (lactones) is 1. The number of rotatable bonds is 4.